The number of amides is 2. The van der Waals surface area contributed by atoms with Crippen molar-refractivity contribution in [3.63, 3.8) is 0 Å². The lowest BCUT2D eigenvalue weighted by atomic mass is 10.1. The molecule has 0 spiro atoms. The molecule has 0 bridgehead atoms. The molecule has 0 aliphatic carbocycles. The molecule has 7 nitrogen and oxygen atoms in total. The van der Waals surface area contributed by atoms with Gasteiger partial charge in [0.2, 0.25) is 11.8 Å². The molecule has 0 aliphatic heterocycles. The van der Waals surface area contributed by atoms with Gasteiger partial charge in [0, 0.05) is 19.5 Å². The summed E-state index contributed by atoms with van der Waals surface area (Å²) in [7, 11) is 1.62. The Morgan fingerprint density at radius 1 is 0.917 bits per heavy atom. The van der Waals surface area contributed by atoms with Gasteiger partial charge in [-0.05, 0) is 68.5 Å². The number of hydrogen-bond donors (Lipinski definition) is 1. The number of rotatable bonds is 16. The van der Waals surface area contributed by atoms with Gasteiger partial charge >= 0.3 is 0 Å². The Hall–Kier alpha value is -3.22. The van der Waals surface area contributed by atoms with E-state index in [1.165, 1.54) is 0 Å². The summed E-state index contributed by atoms with van der Waals surface area (Å²) in [6.07, 6.45) is 3.27. The van der Waals surface area contributed by atoms with Gasteiger partial charge in [-0.25, -0.2) is 0 Å². The maximum absolute atomic E-state index is 13.5. The lowest BCUT2D eigenvalue weighted by Gasteiger charge is -2.31. The fourth-order valence-electron chi connectivity index (χ4n) is 4.00. The highest BCUT2D eigenvalue weighted by Crippen LogP contribution is 2.29. The van der Waals surface area contributed by atoms with Crippen molar-refractivity contribution in [2.75, 3.05) is 26.9 Å². The molecule has 36 heavy (non-hydrogen) atoms. The summed E-state index contributed by atoms with van der Waals surface area (Å²) < 4.78 is 16.6. The highest BCUT2D eigenvalue weighted by Gasteiger charge is 2.28. The number of aryl methyl sites for hydroxylation is 1. The Morgan fingerprint density at radius 2 is 1.58 bits per heavy atom. The third kappa shape index (κ3) is 8.77. The van der Waals surface area contributed by atoms with Crippen LogP contribution in [0.25, 0.3) is 0 Å². The first-order valence-corrected chi connectivity index (χ1v) is 13.1. The van der Waals surface area contributed by atoms with Crippen LogP contribution in [-0.4, -0.2) is 49.6 Å². The first kappa shape index (κ1) is 29.0. The Bertz CT molecular complexity index is 945. The van der Waals surface area contributed by atoms with E-state index in [1.807, 2.05) is 63.2 Å². The van der Waals surface area contributed by atoms with Crippen molar-refractivity contribution in [3.8, 4) is 17.2 Å². The van der Waals surface area contributed by atoms with Gasteiger partial charge < -0.3 is 24.4 Å². The quantitative estimate of drug-likeness (QED) is 0.324. The molecule has 2 rings (SSSR count). The molecule has 2 amide bonds. The zero-order valence-electron chi connectivity index (χ0n) is 22.5. The van der Waals surface area contributed by atoms with Crippen LogP contribution in [0.3, 0.4) is 0 Å². The zero-order chi connectivity index (χ0) is 26.3. The van der Waals surface area contributed by atoms with Gasteiger partial charge in [0.05, 0.1) is 20.3 Å². The average Bonchev–Trinajstić information content (AvgIpc) is 2.89. The second kappa shape index (κ2) is 15.7. The second-order valence-corrected chi connectivity index (χ2v) is 8.59. The molecule has 0 fully saturated rings. The molecule has 0 aromatic heterocycles. The molecule has 2 aromatic rings. The van der Waals surface area contributed by atoms with Gasteiger partial charge in [-0.1, -0.05) is 38.5 Å². The van der Waals surface area contributed by atoms with Crippen LogP contribution in [-0.2, 0) is 22.6 Å². The van der Waals surface area contributed by atoms with Crippen molar-refractivity contribution in [1.29, 1.82) is 0 Å². The molecular formula is C29H42N2O5. The van der Waals surface area contributed by atoms with Crippen LogP contribution in [0.5, 0.6) is 17.2 Å². The van der Waals surface area contributed by atoms with Gasteiger partial charge in [0.25, 0.3) is 0 Å². The van der Waals surface area contributed by atoms with Gasteiger partial charge in [-0.3, -0.25) is 9.59 Å². The van der Waals surface area contributed by atoms with Crippen LogP contribution in [0.15, 0.2) is 42.5 Å². The molecule has 0 aliphatic rings. The van der Waals surface area contributed by atoms with Crippen molar-refractivity contribution in [2.24, 2.45) is 0 Å². The average molecular weight is 499 g/mol. The maximum atomic E-state index is 13.5. The minimum absolute atomic E-state index is 0.0600. The number of hydrogen-bond acceptors (Lipinski definition) is 5. The minimum atomic E-state index is -0.532. The molecule has 7 heteroatoms. The van der Waals surface area contributed by atoms with Crippen LogP contribution in [0.2, 0.25) is 0 Å². The fourth-order valence-corrected chi connectivity index (χ4v) is 4.00. The lowest BCUT2D eigenvalue weighted by Crippen LogP contribution is -2.49. The number of methoxy groups -OCH3 is 1. The van der Waals surface area contributed by atoms with Crippen molar-refractivity contribution < 1.29 is 23.8 Å². The van der Waals surface area contributed by atoms with Crippen molar-refractivity contribution in [2.45, 2.75) is 72.4 Å². The Kier molecular flexibility index (Phi) is 12.7. The van der Waals surface area contributed by atoms with E-state index < -0.39 is 6.04 Å². The third-order valence-corrected chi connectivity index (χ3v) is 5.96. The smallest absolute Gasteiger partial charge is 0.242 e. The summed E-state index contributed by atoms with van der Waals surface area (Å²) in [6.45, 7) is 9.95. The molecule has 1 atom stereocenters. The summed E-state index contributed by atoms with van der Waals surface area (Å²) in [6, 6.07) is 12.9. The number of nitrogens with one attached hydrogen (secondary N) is 1. The SMILES string of the molecule is CCCCNC(=O)[C@H](CC)N(Cc1ccc(OC)cc1)C(=O)CCc1ccc(OCC)c(OCC)c1. The number of unbranched alkanes of at least 4 members (excludes halogenated alkanes) is 1. The molecule has 0 saturated heterocycles. The molecule has 0 saturated carbocycles. The number of nitrogens with zero attached hydrogens (tertiary/aromatic N) is 1. The largest absolute Gasteiger partial charge is 0.497 e. The molecule has 1 N–H and O–H groups in total. The maximum Gasteiger partial charge on any atom is 0.242 e. The van der Waals surface area contributed by atoms with E-state index in [2.05, 4.69) is 12.2 Å². The fraction of sp³-hybridized carbons (Fsp3) is 0.517. The molecule has 198 valence electrons. The molecule has 0 heterocycles. The molecular weight excluding hydrogens is 456 g/mol. The van der Waals surface area contributed by atoms with Gasteiger partial charge in [-0.15, -0.1) is 0 Å². The van der Waals surface area contributed by atoms with Crippen LogP contribution in [0, 0.1) is 0 Å². The standard InChI is InChI=1S/C29H42N2O5/c1-6-10-19-30-29(33)25(7-2)31(21-23-11-15-24(34-5)16-12-23)28(32)18-14-22-13-17-26(35-8-3)27(20-22)36-9-4/h11-13,15-17,20,25H,6-10,14,18-19,21H2,1-5H3,(H,30,33)/t25-/m0/s1. The normalized spacial score (nSPS) is 11.5. The summed E-state index contributed by atoms with van der Waals surface area (Å²) in [4.78, 5) is 28.3. The summed E-state index contributed by atoms with van der Waals surface area (Å²) in [5.74, 6) is 1.97. The Morgan fingerprint density at radius 3 is 2.19 bits per heavy atom. The van der Waals surface area contributed by atoms with Crippen LogP contribution < -0.4 is 19.5 Å². The van der Waals surface area contributed by atoms with E-state index in [1.54, 1.807) is 12.0 Å². The third-order valence-electron chi connectivity index (χ3n) is 5.96. The minimum Gasteiger partial charge on any atom is -0.497 e. The van der Waals surface area contributed by atoms with Crippen LogP contribution in [0.4, 0.5) is 0 Å². The van der Waals surface area contributed by atoms with Crippen molar-refractivity contribution >= 4 is 11.8 Å². The van der Waals surface area contributed by atoms with Gasteiger partial charge in [0.15, 0.2) is 11.5 Å². The van der Waals surface area contributed by atoms with E-state index in [0.29, 0.717) is 50.6 Å². The molecule has 2 aromatic carbocycles. The second-order valence-electron chi connectivity index (χ2n) is 8.59. The van der Waals surface area contributed by atoms with E-state index in [0.717, 1.165) is 29.7 Å². The highest BCUT2D eigenvalue weighted by atomic mass is 16.5. The van der Waals surface area contributed by atoms with Crippen LogP contribution >= 0.6 is 0 Å². The summed E-state index contributed by atoms with van der Waals surface area (Å²) in [5, 5.41) is 3.00. The molecule has 0 radical (unpaired) electrons. The number of ether oxygens (including phenoxy) is 3. The van der Waals surface area contributed by atoms with Gasteiger partial charge in [0.1, 0.15) is 11.8 Å². The van der Waals surface area contributed by atoms with E-state index in [-0.39, 0.29) is 18.2 Å². The highest BCUT2D eigenvalue weighted by molar-refractivity contribution is 5.87. The topological polar surface area (TPSA) is 77.1 Å². The predicted molar refractivity (Wildman–Crippen MR) is 143 cm³/mol. The predicted octanol–water partition coefficient (Wildman–Crippen LogP) is 5.15. The number of carbonyl (C=O) groups excluding carboxylic acids is 2. The van der Waals surface area contributed by atoms with E-state index in [9.17, 15) is 9.59 Å². The Balaban J connectivity index is 2.21. The van der Waals surface area contributed by atoms with Crippen molar-refractivity contribution in [3.05, 3.63) is 53.6 Å². The number of carbonyl (C=O) groups is 2. The van der Waals surface area contributed by atoms with Crippen molar-refractivity contribution in [1.82, 2.24) is 10.2 Å². The van der Waals surface area contributed by atoms with E-state index in [4.69, 9.17) is 14.2 Å². The Labute approximate surface area is 216 Å². The van der Waals surface area contributed by atoms with Gasteiger partial charge in [-0.2, -0.15) is 0 Å². The lowest BCUT2D eigenvalue weighted by molar-refractivity contribution is -0.141. The zero-order valence-corrected chi connectivity index (χ0v) is 22.5. The monoisotopic (exact) mass is 498 g/mol. The first-order valence-electron chi connectivity index (χ1n) is 13.1. The summed E-state index contributed by atoms with van der Waals surface area (Å²) in [5.41, 5.74) is 1.93. The van der Waals surface area contributed by atoms with Crippen LogP contribution in [0.1, 0.15) is 64.5 Å². The molecule has 0 unspecified atom stereocenters. The van der Waals surface area contributed by atoms with E-state index >= 15 is 0 Å². The first-order chi connectivity index (χ1) is 17.5. The summed E-state index contributed by atoms with van der Waals surface area (Å²) >= 11 is 0. The number of benzene rings is 2.